The van der Waals surface area contributed by atoms with E-state index < -0.39 is 0 Å². The molecule has 0 aromatic rings. The molecule has 128 valence electrons. The van der Waals surface area contributed by atoms with Crippen molar-refractivity contribution in [3.63, 3.8) is 0 Å². The van der Waals surface area contributed by atoms with E-state index in [9.17, 15) is 0 Å². The Labute approximate surface area is 135 Å². The summed E-state index contributed by atoms with van der Waals surface area (Å²) in [6, 6.07) is 0. The molecule has 0 spiro atoms. The van der Waals surface area contributed by atoms with Gasteiger partial charge in [0.1, 0.15) is 0 Å². The first-order valence-corrected chi connectivity index (χ1v) is 9.86. The van der Waals surface area contributed by atoms with Crippen LogP contribution in [0.4, 0.5) is 0 Å². The Bertz CT molecular complexity index is 176. The lowest BCUT2D eigenvalue weighted by Gasteiger charge is -2.46. The maximum atomic E-state index is 4.29. The van der Waals surface area contributed by atoms with E-state index in [4.69, 9.17) is 0 Å². The second-order valence-corrected chi connectivity index (χ2v) is 7.19. The van der Waals surface area contributed by atoms with Crippen LogP contribution < -0.4 is 5.32 Å². The Morgan fingerprint density at radius 1 is 0.429 bits per heavy atom. The zero-order valence-corrected chi connectivity index (χ0v) is 16.0. The third kappa shape index (κ3) is 7.17. The van der Waals surface area contributed by atoms with Crippen molar-refractivity contribution in [3.05, 3.63) is 0 Å². The van der Waals surface area contributed by atoms with E-state index in [0.29, 0.717) is 11.1 Å². The lowest BCUT2D eigenvalue weighted by molar-refractivity contribution is 0.135. The van der Waals surface area contributed by atoms with E-state index in [-0.39, 0.29) is 0 Å². The molecule has 0 amide bonds. The Hall–Kier alpha value is -0.0400. The van der Waals surface area contributed by atoms with Gasteiger partial charge in [-0.05, 0) is 38.5 Å². The molecule has 0 saturated carbocycles. The molecule has 1 N–H and O–H groups in total. The van der Waals surface area contributed by atoms with Crippen molar-refractivity contribution in [2.24, 2.45) is 0 Å². The van der Waals surface area contributed by atoms with E-state index in [2.05, 4.69) is 46.9 Å². The molecule has 0 heterocycles. The van der Waals surface area contributed by atoms with Crippen molar-refractivity contribution >= 4 is 0 Å². The Morgan fingerprint density at radius 3 is 0.762 bits per heavy atom. The van der Waals surface area contributed by atoms with Crippen LogP contribution in [0.3, 0.4) is 0 Å². The summed E-state index contributed by atoms with van der Waals surface area (Å²) >= 11 is 0. The lowest BCUT2D eigenvalue weighted by atomic mass is 9.77. The van der Waals surface area contributed by atoms with E-state index in [1.165, 1.54) is 77.0 Å². The fourth-order valence-electron chi connectivity index (χ4n) is 4.56. The average Bonchev–Trinajstić information content (AvgIpc) is 2.40. The van der Waals surface area contributed by atoms with Crippen LogP contribution in [0.2, 0.25) is 0 Å². The highest BCUT2D eigenvalue weighted by molar-refractivity contribution is 4.98. The molecule has 0 aliphatic heterocycles. The second kappa shape index (κ2) is 11.5. The van der Waals surface area contributed by atoms with Gasteiger partial charge in [0, 0.05) is 11.1 Å². The van der Waals surface area contributed by atoms with E-state index >= 15 is 0 Å². The number of rotatable bonds is 14. The summed E-state index contributed by atoms with van der Waals surface area (Å²) in [7, 11) is 0. The molecule has 0 rings (SSSR count). The molecule has 0 bridgehead atoms. The molecule has 0 fully saturated rings. The maximum absolute atomic E-state index is 4.29. The second-order valence-electron chi connectivity index (χ2n) is 7.19. The van der Waals surface area contributed by atoms with Gasteiger partial charge in [0.05, 0.1) is 0 Å². The molecule has 0 radical (unpaired) electrons. The van der Waals surface area contributed by atoms with Gasteiger partial charge in [0.25, 0.3) is 0 Å². The molecule has 1 nitrogen and oxygen atoms in total. The fraction of sp³-hybridized carbons (Fsp3) is 1.00. The van der Waals surface area contributed by atoms with Crippen LogP contribution >= 0.6 is 0 Å². The zero-order chi connectivity index (χ0) is 16.2. The van der Waals surface area contributed by atoms with Gasteiger partial charge in [0.2, 0.25) is 0 Å². The molecule has 0 aliphatic carbocycles. The topological polar surface area (TPSA) is 12.0 Å². The monoisotopic (exact) mass is 297 g/mol. The van der Waals surface area contributed by atoms with Gasteiger partial charge in [0.15, 0.2) is 0 Å². The normalized spacial score (nSPS) is 12.9. The van der Waals surface area contributed by atoms with Crippen molar-refractivity contribution in [2.75, 3.05) is 0 Å². The van der Waals surface area contributed by atoms with Crippen molar-refractivity contribution in [2.45, 2.75) is 130 Å². The summed E-state index contributed by atoms with van der Waals surface area (Å²) < 4.78 is 0. The SMILES string of the molecule is CCCC(CCC)(CCC)NC(CCC)(CCC)CCC. The van der Waals surface area contributed by atoms with Gasteiger partial charge in [-0.3, -0.25) is 0 Å². The third-order valence-corrected chi connectivity index (χ3v) is 4.90. The average molecular weight is 298 g/mol. The molecule has 0 aromatic heterocycles. The summed E-state index contributed by atoms with van der Waals surface area (Å²) in [6.45, 7) is 14.1. The van der Waals surface area contributed by atoms with Crippen LogP contribution in [0, 0.1) is 0 Å². The molecule has 0 aliphatic rings. The predicted octanol–water partition coefficient (Wildman–Crippen LogP) is 6.85. The standard InChI is InChI=1S/C20H43N/c1-7-13-19(14-8-2,15-9-3)21-20(16-10-4,17-11-5)18-12-6/h21H,7-18H2,1-6H3. The van der Waals surface area contributed by atoms with E-state index in [0.717, 1.165) is 0 Å². The molecule has 21 heavy (non-hydrogen) atoms. The van der Waals surface area contributed by atoms with Gasteiger partial charge in [-0.1, -0.05) is 80.1 Å². The van der Waals surface area contributed by atoms with Crippen molar-refractivity contribution in [1.29, 1.82) is 0 Å². The van der Waals surface area contributed by atoms with Gasteiger partial charge >= 0.3 is 0 Å². The minimum absolute atomic E-state index is 0.387. The summed E-state index contributed by atoms with van der Waals surface area (Å²) in [5.41, 5.74) is 0.773. The highest BCUT2D eigenvalue weighted by Crippen LogP contribution is 2.34. The Kier molecular flexibility index (Phi) is 11.5. The molecule has 0 saturated heterocycles. The smallest absolute Gasteiger partial charge is 0.0186 e. The molecular formula is C20H43N. The largest absolute Gasteiger partial charge is 0.306 e. The highest BCUT2D eigenvalue weighted by Gasteiger charge is 2.37. The first-order valence-electron chi connectivity index (χ1n) is 9.86. The fourth-order valence-corrected chi connectivity index (χ4v) is 4.56. The van der Waals surface area contributed by atoms with Gasteiger partial charge in [-0.15, -0.1) is 0 Å². The molecule has 0 atom stereocenters. The van der Waals surface area contributed by atoms with Crippen LogP contribution in [0.1, 0.15) is 119 Å². The van der Waals surface area contributed by atoms with Gasteiger partial charge in [-0.2, -0.15) is 0 Å². The first-order chi connectivity index (χ1) is 10.1. The number of hydrogen-bond acceptors (Lipinski definition) is 1. The van der Waals surface area contributed by atoms with Crippen molar-refractivity contribution in [3.8, 4) is 0 Å². The Balaban J connectivity index is 5.30. The number of hydrogen-bond donors (Lipinski definition) is 1. The predicted molar refractivity (Wildman–Crippen MR) is 98.0 cm³/mol. The molecule has 0 aromatic carbocycles. The van der Waals surface area contributed by atoms with E-state index in [1.807, 2.05) is 0 Å². The van der Waals surface area contributed by atoms with Crippen LogP contribution in [0.25, 0.3) is 0 Å². The van der Waals surface area contributed by atoms with Crippen LogP contribution in [-0.4, -0.2) is 11.1 Å². The number of nitrogens with one attached hydrogen (secondary N) is 1. The van der Waals surface area contributed by atoms with Crippen molar-refractivity contribution < 1.29 is 0 Å². The minimum atomic E-state index is 0.387. The highest BCUT2D eigenvalue weighted by atomic mass is 15.1. The Morgan fingerprint density at radius 2 is 0.619 bits per heavy atom. The quantitative estimate of drug-likeness (QED) is 0.369. The van der Waals surface area contributed by atoms with Gasteiger partial charge in [-0.25, -0.2) is 0 Å². The summed E-state index contributed by atoms with van der Waals surface area (Å²) in [5, 5.41) is 4.29. The zero-order valence-electron chi connectivity index (χ0n) is 16.0. The maximum Gasteiger partial charge on any atom is 0.0186 e. The molecule has 0 unspecified atom stereocenters. The van der Waals surface area contributed by atoms with Crippen LogP contribution in [0.5, 0.6) is 0 Å². The molecular weight excluding hydrogens is 254 g/mol. The summed E-state index contributed by atoms with van der Waals surface area (Å²) in [5.74, 6) is 0. The minimum Gasteiger partial charge on any atom is -0.306 e. The van der Waals surface area contributed by atoms with Crippen molar-refractivity contribution in [1.82, 2.24) is 5.32 Å². The van der Waals surface area contributed by atoms with Gasteiger partial charge < -0.3 is 5.32 Å². The van der Waals surface area contributed by atoms with Crippen LogP contribution in [-0.2, 0) is 0 Å². The summed E-state index contributed by atoms with van der Waals surface area (Å²) in [4.78, 5) is 0. The lowest BCUT2D eigenvalue weighted by Crippen LogP contribution is -2.58. The van der Waals surface area contributed by atoms with Crippen LogP contribution in [0.15, 0.2) is 0 Å². The first kappa shape index (κ1) is 21.0. The van der Waals surface area contributed by atoms with E-state index in [1.54, 1.807) is 0 Å². The third-order valence-electron chi connectivity index (χ3n) is 4.90. The summed E-state index contributed by atoms with van der Waals surface area (Å²) in [6.07, 6.45) is 15.8. The molecule has 1 heteroatoms.